The van der Waals surface area contributed by atoms with Gasteiger partial charge in [-0.05, 0) is 17.7 Å². The van der Waals surface area contributed by atoms with E-state index >= 15 is 0 Å². The summed E-state index contributed by atoms with van der Waals surface area (Å²) in [5.41, 5.74) is 0.864. The third-order valence-electron chi connectivity index (χ3n) is 3.70. The van der Waals surface area contributed by atoms with Crippen molar-refractivity contribution in [1.82, 2.24) is 8.61 Å². The highest BCUT2D eigenvalue weighted by atomic mass is 32.2. The number of hydrogen-bond acceptors (Lipinski definition) is 5. The molecule has 1 fully saturated rings. The zero-order valence-electron chi connectivity index (χ0n) is 12.5. The first-order valence-corrected chi connectivity index (χ1v) is 8.65. The molecule has 2 aliphatic heterocycles. The average molecular weight is 328 g/mol. The Hall–Kier alpha value is -1.35. The van der Waals surface area contributed by atoms with E-state index in [1.165, 1.54) is 8.61 Å². The van der Waals surface area contributed by atoms with Crippen LogP contribution in [0.5, 0.6) is 11.5 Å². The molecule has 122 valence electrons. The first-order valence-electron chi connectivity index (χ1n) is 7.25. The summed E-state index contributed by atoms with van der Waals surface area (Å²) in [6.07, 6.45) is 0. The maximum Gasteiger partial charge on any atom is 0.282 e. The fraction of sp³-hybridized carbons (Fsp3) is 0.571. The van der Waals surface area contributed by atoms with Gasteiger partial charge in [-0.25, -0.2) is 0 Å². The summed E-state index contributed by atoms with van der Waals surface area (Å²) in [5.74, 6) is 1.37. The Bertz CT molecular complexity index is 628. The van der Waals surface area contributed by atoms with E-state index in [0.29, 0.717) is 51.0 Å². The van der Waals surface area contributed by atoms with Crippen LogP contribution >= 0.6 is 0 Å². The van der Waals surface area contributed by atoms with Crippen LogP contribution in [0.15, 0.2) is 18.2 Å². The molecule has 0 saturated carbocycles. The molecule has 0 atom stereocenters. The molecule has 2 aliphatic rings. The molecule has 1 saturated heterocycles. The molecule has 0 aliphatic carbocycles. The van der Waals surface area contributed by atoms with Crippen LogP contribution in [-0.2, 0) is 21.5 Å². The monoisotopic (exact) mass is 328 g/mol. The Balaban J connectivity index is 1.71. The minimum atomic E-state index is -3.47. The molecule has 8 heteroatoms. The summed E-state index contributed by atoms with van der Waals surface area (Å²) in [6.45, 7) is 3.02. The molecule has 0 N–H and O–H groups in total. The number of benzene rings is 1. The van der Waals surface area contributed by atoms with Gasteiger partial charge in [-0.3, -0.25) is 0 Å². The molecule has 7 nitrogen and oxygen atoms in total. The van der Waals surface area contributed by atoms with Gasteiger partial charge in [0.05, 0.1) is 13.2 Å². The van der Waals surface area contributed by atoms with Crippen LogP contribution in [-0.4, -0.2) is 63.6 Å². The third kappa shape index (κ3) is 3.19. The highest BCUT2D eigenvalue weighted by molar-refractivity contribution is 7.86. The predicted molar refractivity (Wildman–Crippen MR) is 80.2 cm³/mol. The smallest absolute Gasteiger partial charge is 0.282 e. The van der Waals surface area contributed by atoms with Crippen LogP contribution in [0.2, 0.25) is 0 Å². The summed E-state index contributed by atoms with van der Waals surface area (Å²) >= 11 is 0. The molecular formula is C14H20N2O5S. The van der Waals surface area contributed by atoms with E-state index in [0.717, 1.165) is 5.56 Å². The highest BCUT2D eigenvalue weighted by Crippen LogP contribution is 2.31. The van der Waals surface area contributed by atoms with Gasteiger partial charge in [0.1, 0.15) is 13.2 Å². The summed E-state index contributed by atoms with van der Waals surface area (Å²) < 4.78 is 44.0. The van der Waals surface area contributed by atoms with E-state index in [4.69, 9.17) is 14.2 Å². The molecule has 0 spiro atoms. The predicted octanol–water partition coefficient (Wildman–Crippen LogP) is 0.467. The molecule has 1 aromatic rings. The van der Waals surface area contributed by atoms with Crippen molar-refractivity contribution in [3.8, 4) is 11.5 Å². The van der Waals surface area contributed by atoms with Crippen molar-refractivity contribution in [2.45, 2.75) is 6.54 Å². The van der Waals surface area contributed by atoms with E-state index in [1.54, 1.807) is 7.05 Å². The van der Waals surface area contributed by atoms with Crippen LogP contribution in [0, 0.1) is 0 Å². The largest absolute Gasteiger partial charge is 0.486 e. The van der Waals surface area contributed by atoms with Gasteiger partial charge in [0.15, 0.2) is 11.5 Å². The summed E-state index contributed by atoms with van der Waals surface area (Å²) in [7, 11) is -1.88. The minimum Gasteiger partial charge on any atom is -0.486 e. The van der Waals surface area contributed by atoms with Crippen LogP contribution in [0.1, 0.15) is 5.56 Å². The van der Waals surface area contributed by atoms with Gasteiger partial charge >= 0.3 is 0 Å². The van der Waals surface area contributed by atoms with Gasteiger partial charge in [0, 0.05) is 26.7 Å². The van der Waals surface area contributed by atoms with Crippen LogP contribution in [0.25, 0.3) is 0 Å². The molecule has 0 unspecified atom stereocenters. The van der Waals surface area contributed by atoms with Crippen molar-refractivity contribution in [2.24, 2.45) is 0 Å². The fourth-order valence-corrected chi connectivity index (χ4v) is 3.82. The van der Waals surface area contributed by atoms with E-state index in [9.17, 15) is 8.42 Å². The number of fused-ring (bicyclic) bond motifs is 1. The van der Waals surface area contributed by atoms with E-state index in [1.807, 2.05) is 18.2 Å². The van der Waals surface area contributed by atoms with Crippen LogP contribution in [0.3, 0.4) is 0 Å². The van der Waals surface area contributed by atoms with Crippen LogP contribution in [0.4, 0.5) is 0 Å². The number of hydrogen-bond donors (Lipinski definition) is 0. The van der Waals surface area contributed by atoms with Gasteiger partial charge in [-0.2, -0.15) is 17.0 Å². The lowest BCUT2D eigenvalue weighted by molar-refractivity contribution is 0.0705. The molecule has 0 amide bonds. The summed E-state index contributed by atoms with van der Waals surface area (Å²) in [5, 5.41) is 0. The Morgan fingerprint density at radius 3 is 2.50 bits per heavy atom. The second kappa shape index (κ2) is 6.41. The zero-order chi connectivity index (χ0) is 15.6. The van der Waals surface area contributed by atoms with Crippen molar-refractivity contribution < 1.29 is 22.6 Å². The average Bonchev–Trinajstić information content (AvgIpc) is 2.55. The van der Waals surface area contributed by atoms with Crippen molar-refractivity contribution in [3.05, 3.63) is 23.8 Å². The Labute approximate surface area is 130 Å². The third-order valence-corrected chi connectivity index (χ3v) is 5.64. The van der Waals surface area contributed by atoms with Gasteiger partial charge in [-0.15, -0.1) is 0 Å². The fourth-order valence-electron chi connectivity index (χ4n) is 2.50. The second-order valence-corrected chi connectivity index (χ2v) is 7.29. The summed E-state index contributed by atoms with van der Waals surface area (Å²) in [6, 6.07) is 5.51. The van der Waals surface area contributed by atoms with Gasteiger partial charge in [0.25, 0.3) is 10.2 Å². The van der Waals surface area contributed by atoms with Crippen molar-refractivity contribution >= 4 is 10.2 Å². The van der Waals surface area contributed by atoms with Crippen molar-refractivity contribution in [3.63, 3.8) is 0 Å². The Morgan fingerprint density at radius 1 is 1.09 bits per heavy atom. The minimum absolute atomic E-state index is 0.288. The standard InChI is InChI=1S/C14H20N2O5S/c1-15(22(17,18)16-4-6-19-7-5-16)11-12-2-3-13-14(10-12)21-9-8-20-13/h2-3,10H,4-9,11H2,1H3. The second-order valence-electron chi connectivity index (χ2n) is 5.25. The summed E-state index contributed by atoms with van der Waals surface area (Å²) in [4.78, 5) is 0. The molecular weight excluding hydrogens is 308 g/mol. The lowest BCUT2D eigenvalue weighted by Crippen LogP contribution is -2.47. The first-order chi connectivity index (χ1) is 10.6. The normalized spacial score (nSPS) is 19.4. The number of morpholine rings is 1. The molecule has 2 heterocycles. The topological polar surface area (TPSA) is 68.3 Å². The number of ether oxygens (including phenoxy) is 3. The zero-order valence-corrected chi connectivity index (χ0v) is 13.3. The van der Waals surface area contributed by atoms with E-state index in [2.05, 4.69) is 0 Å². The Kier molecular flexibility index (Phi) is 4.53. The van der Waals surface area contributed by atoms with Crippen LogP contribution < -0.4 is 9.47 Å². The molecule has 0 aromatic heterocycles. The lowest BCUT2D eigenvalue weighted by atomic mass is 10.2. The first kappa shape index (κ1) is 15.5. The van der Waals surface area contributed by atoms with Gasteiger partial charge in [0.2, 0.25) is 0 Å². The SMILES string of the molecule is CN(Cc1ccc2c(c1)OCCO2)S(=O)(=O)N1CCOCC1. The van der Waals surface area contributed by atoms with E-state index < -0.39 is 10.2 Å². The lowest BCUT2D eigenvalue weighted by Gasteiger charge is -2.30. The maximum atomic E-state index is 12.5. The number of rotatable bonds is 4. The van der Waals surface area contributed by atoms with Crippen molar-refractivity contribution in [2.75, 3.05) is 46.6 Å². The molecule has 0 radical (unpaired) electrons. The number of nitrogens with zero attached hydrogens (tertiary/aromatic N) is 2. The Morgan fingerprint density at radius 2 is 1.77 bits per heavy atom. The van der Waals surface area contributed by atoms with E-state index in [-0.39, 0.29) is 6.54 Å². The molecule has 22 heavy (non-hydrogen) atoms. The quantitative estimate of drug-likeness (QED) is 0.803. The maximum absolute atomic E-state index is 12.5. The van der Waals surface area contributed by atoms with Gasteiger partial charge < -0.3 is 14.2 Å². The highest BCUT2D eigenvalue weighted by Gasteiger charge is 2.28. The van der Waals surface area contributed by atoms with Gasteiger partial charge in [-0.1, -0.05) is 6.07 Å². The molecule has 1 aromatic carbocycles. The van der Waals surface area contributed by atoms with Crippen molar-refractivity contribution in [1.29, 1.82) is 0 Å². The molecule has 3 rings (SSSR count). The molecule has 0 bridgehead atoms.